The zero-order chi connectivity index (χ0) is 15.2. The second-order valence-electron chi connectivity index (χ2n) is 4.46. The van der Waals surface area contributed by atoms with Gasteiger partial charge in [0, 0.05) is 0 Å². The van der Waals surface area contributed by atoms with Gasteiger partial charge in [0.15, 0.2) is 0 Å². The Morgan fingerprint density at radius 3 is 2.48 bits per heavy atom. The van der Waals surface area contributed by atoms with Gasteiger partial charge < -0.3 is 19.2 Å². The van der Waals surface area contributed by atoms with Crippen LogP contribution in [0.15, 0.2) is 40.8 Å². The number of ether oxygens (including phenoxy) is 2. The van der Waals surface area contributed by atoms with Crippen LogP contribution in [0.4, 0.5) is 0 Å². The second-order valence-corrected chi connectivity index (χ2v) is 4.46. The van der Waals surface area contributed by atoms with Crippen molar-refractivity contribution in [1.82, 2.24) is 5.32 Å². The van der Waals surface area contributed by atoms with Crippen LogP contribution in [-0.4, -0.2) is 26.7 Å². The van der Waals surface area contributed by atoms with Crippen molar-refractivity contribution in [3.63, 3.8) is 0 Å². The molecular weight excluding hydrogens is 270 g/mol. The third kappa shape index (κ3) is 3.44. The Morgan fingerprint density at radius 2 is 1.90 bits per heavy atom. The molecule has 0 saturated carbocycles. The molecule has 0 fully saturated rings. The van der Waals surface area contributed by atoms with Crippen LogP contribution in [0.25, 0.3) is 0 Å². The van der Waals surface area contributed by atoms with Crippen LogP contribution in [0.5, 0.6) is 5.75 Å². The van der Waals surface area contributed by atoms with Crippen molar-refractivity contribution in [3.05, 3.63) is 53.5 Å². The van der Waals surface area contributed by atoms with Crippen LogP contribution >= 0.6 is 0 Å². The summed E-state index contributed by atoms with van der Waals surface area (Å²) in [5.74, 6) is 1.18. The van der Waals surface area contributed by atoms with Crippen LogP contribution in [0.3, 0.4) is 0 Å². The fraction of sp³-hybridized carbons (Fsp3) is 0.312. The predicted molar refractivity (Wildman–Crippen MR) is 78.6 cm³/mol. The molecule has 0 radical (unpaired) electrons. The van der Waals surface area contributed by atoms with E-state index in [0.717, 1.165) is 17.9 Å². The maximum absolute atomic E-state index is 11.5. The van der Waals surface area contributed by atoms with E-state index in [9.17, 15) is 4.79 Å². The van der Waals surface area contributed by atoms with Gasteiger partial charge in [0.2, 0.25) is 5.76 Å². The number of furan rings is 1. The number of rotatable bonds is 6. The first-order valence-electron chi connectivity index (χ1n) is 6.75. The highest BCUT2D eigenvalue weighted by atomic mass is 16.5. The van der Waals surface area contributed by atoms with E-state index in [-0.39, 0.29) is 11.8 Å². The minimum atomic E-state index is -0.480. The zero-order valence-corrected chi connectivity index (χ0v) is 12.4. The van der Waals surface area contributed by atoms with E-state index < -0.39 is 5.97 Å². The number of esters is 1. The normalized spacial score (nSPS) is 12.0. The number of carbonyl (C=O) groups is 1. The number of carbonyl (C=O) groups excluding carboxylic acids is 1. The number of hydrogen-bond acceptors (Lipinski definition) is 5. The van der Waals surface area contributed by atoms with Gasteiger partial charge in [-0.15, -0.1) is 0 Å². The summed E-state index contributed by atoms with van der Waals surface area (Å²) in [5, 5.41) is 3.34. The lowest BCUT2D eigenvalue weighted by Crippen LogP contribution is -2.21. The van der Waals surface area contributed by atoms with Gasteiger partial charge in [0.25, 0.3) is 0 Å². The molecule has 1 aromatic carbocycles. The topological polar surface area (TPSA) is 60.7 Å². The average Bonchev–Trinajstić information content (AvgIpc) is 3.01. The average molecular weight is 289 g/mol. The molecule has 0 aliphatic rings. The molecular formula is C16H19NO4. The van der Waals surface area contributed by atoms with E-state index in [1.165, 1.54) is 7.11 Å². The summed E-state index contributed by atoms with van der Waals surface area (Å²) in [4.78, 5) is 11.5. The van der Waals surface area contributed by atoms with Gasteiger partial charge in [-0.3, -0.25) is 0 Å². The van der Waals surface area contributed by atoms with Crippen LogP contribution in [0, 0.1) is 0 Å². The summed E-state index contributed by atoms with van der Waals surface area (Å²) in [6.45, 7) is 2.78. The van der Waals surface area contributed by atoms with E-state index >= 15 is 0 Å². The van der Waals surface area contributed by atoms with Crippen molar-refractivity contribution in [1.29, 1.82) is 0 Å². The minimum Gasteiger partial charge on any atom is -0.497 e. The molecule has 1 heterocycles. The lowest BCUT2D eigenvalue weighted by molar-refractivity contribution is 0.0562. The Labute approximate surface area is 123 Å². The molecule has 1 unspecified atom stereocenters. The number of hydrogen-bond donors (Lipinski definition) is 1. The zero-order valence-electron chi connectivity index (χ0n) is 12.4. The summed E-state index contributed by atoms with van der Waals surface area (Å²) in [6, 6.07) is 11.0. The molecule has 112 valence electrons. The minimum absolute atomic E-state index is 0.126. The van der Waals surface area contributed by atoms with Gasteiger partial charge >= 0.3 is 5.97 Å². The van der Waals surface area contributed by atoms with Gasteiger partial charge in [-0.2, -0.15) is 0 Å². The van der Waals surface area contributed by atoms with Crippen molar-refractivity contribution >= 4 is 5.97 Å². The van der Waals surface area contributed by atoms with Crippen LogP contribution < -0.4 is 10.1 Å². The molecule has 0 saturated heterocycles. The molecule has 1 N–H and O–H groups in total. The van der Waals surface area contributed by atoms with Crippen LogP contribution in [0.1, 0.15) is 34.8 Å². The summed E-state index contributed by atoms with van der Waals surface area (Å²) < 4.78 is 15.4. The van der Waals surface area contributed by atoms with E-state index in [1.54, 1.807) is 19.2 Å². The molecule has 5 heteroatoms. The highest BCUT2D eigenvalue weighted by Gasteiger charge is 2.19. The molecule has 0 spiro atoms. The Morgan fingerprint density at radius 1 is 1.19 bits per heavy atom. The van der Waals surface area contributed by atoms with Gasteiger partial charge in [0.1, 0.15) is 11.5 Å². The fourth-order valence-electron chi connectivity index (χ4n) is 2.10. The second kappa shape index (κ2) is 6.95. The molecule has 0 aliphatic carbocycles. The Balaban J connectivity index is 2.29. The van der Waals surface area contributed by atoms with Crippen molar-refractivity contribution in [2.45, 2.75) is 13.0 Å². The van der Waals surface area contributed by atoms with Gasteiger partial charge in [0.05, 0.1) is 20.3 Å². The SMILES string of the molecule is CCNC(c1ccc(OC)cc1)c1ccc(C(=O)OC)o1. The van der Waals surface area contributed by atoms with Gasteiger partial charge in [-0.05, 0) is 36.4 Å². The van der Waals surface area contributed by atoms with Gasteiger partial charge in [-0.1, -0.05) is 19.1 Å². The standard InChI is InChI=1S/C16H19NO4/c1-4-17-15(11-5-7-12(19-2)8-6-11)13-9-10-14(21-13)16(18)20-3/h5-10,15,17H,4H2,1-3H3. The molecule has 1 atom stereocenters. The summed E-state index contributed by atoms with van der Waals surface area (Å²) >= 11 is 0. The molecule has 0 bridgehead atoms. The smallest absolute Gasteiger partial charge is 0.373 e. The molecule has 21 heavy (non-hydrogen) atoms. The number of nitrogens with one attached hydrogen (secondary N) is 1. The van der Waals surface area contributed by atoms with E-state index in [4.69, 9.17) is 9.15 Å². The third-order valence-electron chi connectivity index (χ3n) is 3.16. The predicted octanol–water partition coefficient (Wildman–Crippen LogP) is 2.77. The first kappa shape index (κ1) is 15.1. The molecule has 1 aromatic heterocycles. The largest absolute Gasteiger partial charge is 0.497 e. The Kier molecular flexibility index (Phi) is 5.00. The lowest BCUT2D eigenvalue weighted by Gasteiger charge is -2.16. The molecule has 0 aliphatic heterocycles. The van der Waals surface area contributed by atoms with Gasteiger partial charge in [-0.25, -0.2) is 4.79 Å². The van der Waals surface area contributed by atoms with Crippen LogP contribution in [-0.2, 0) is 4.74 Å². The Hall–Kier alpha value is -2.27. The molecule has 5 nitrogen and oxygen atoms in total. The lowest BCUT2D eigenvalue weighted by atomic mass is 10.0. The Bertz CT molecular complexity index is 589. The summed E-state index contributed by atoms with van der Waals surface area (Å²) in [7, 11) is 2.96. The first-order valence-corrected chi connectivity index (χ1v) is 6.75. The molecule has 2 aromatic rings. The van der Waals surface area contributed by atoms with E-state index in [0.29, 0.717) is 5.76 Å². The van der Waals surface area contributed by atoms with Crippen molar-refractivity contribution < 1.29 is 18.7 Å². The quantitative estimate of drug-likeness (QED) is 0.829. The fourth-order valence-corrected chi connectivity index (χ4v) is 2.10. The van der Waals surface area contributed by atoms with E-state index in [2.05, 4.69) is 10.1 Å². The number of benzene rings is 1. The highest BCUT2D eigenvalue weighted by Crippen LogP contribution is 2.26. The molecule has 2 rings (SSSR count). The third-order valence-corrected chi connectivity index (χ3v) is 3.16. The van der Waals surface area contributed by atoms with Crippen molar-refractivity contribution in [3.8, 4) is 5.75 Å². The highest BCUT2D eigenvalue weighted by molar-refractivity contribution is 5.86. The van der Waals surface area contributed by atoms with Crippen molar-refractivity contribution in [2.24, 2.45) is 0 Å². The summed E-state index contributed by atoms with van der Waals surface area (Å²) in [6.07, 6.45) is 0. The van der Waals surface area contributed by atoms with E-state index in [1.807, 2.05) is 31.2 Å². The maximum Gasteiger partial charge on any atom is 0.373 e. The number of methoxy groups -OCH3 is 2. The monoisotopic (exact) mass is 289 g/mol. The molecule has 0 amide bonds. The van der Waals surface area contributed by atoms with Crippen molar-refractivity contribution in [2.75, 3.05) is 20.8 Å². The maximum atomic E-state index is 11.5. The van der Waals surface area contributed by atoms with Crippen LogP contribution in [0.2, 0.25) is 0 Å². The first-order chi connectivity index (χ1) is 10.2. The summed E-state index contributed by atoms with van der Waals surface area (Å²) in [5.41, 5.74) is 1.03.